The molecule has 8 nitrogen and oxygen atoms in total. The summed E-state index contributed by atoms with van der Waals surface area (Å²) in [7, 11) is 1.41. The molecule has 10 heteroatoms. The number of imidazole rings is 1. The quantitative estimate of drug-likeness (QED) is 0.0739. The summed E-state index contributed by atoms with van der Waals surface area (Å²) in [6.45, 7) is 4.60. The Bertz CT molecular complexity index is 2530. The molecule has 0 aliphatic rings. The minimum absolute atomic E-state index is 0.219. The third-order valence-corrected chi connectivity index (χ3v) is 11.5. The van der Waals surface area contributed by atoms with Crippen molar-refractivity contribution in [2.24, 2.45) is 0 Å². The van der Waals surface area contributed by atoms with Crippen LogP contribution in [0.5, 0.6) is 0 Å². The molecule has 3 heterocycles. The molecule has 0 N–H and O–H groups in total. The second-order valence-corrected chi connectivity index (χ2v) is 15.2. The minimum atomic E-state index is -1.13. The number of aryl methyl sites for hydroxylation is 1. The van der Waals surface area contributed by atoms with E-state index in [1.807, 2.05) is 122 Å². The van der Waals surface area contributed by atoms with E-state index in [4.69, 9.17) is 14.2 Å². The average molecular weight is 749 g/mol. The van der Waals surface area contributed by atoms with Crippen LogP contribution in [0.3, 0.4) is 0 Å². The highest BCUT2D eigenvalue weighted by atomic mass is 32.2. The van der Waals surface area contributed by atoms with Gasteiger partial charge >= 0.3 is 11.7 Å². The van der Waals surface area contributed by atoms with Crippen LogP contribution in [0.2, 0.25) is 0 Å². The molecule has 0 aliphatic heterocycles. The van der Waals surface area contributed by atoms with Crippen molar-refractivity contribution in [1.29, 1.82) is 0 Å². The zero-order valence-electron chi connectivity index (χ0n) is 29.9. The number of fused-ring (bicyclic) bond motifs is 1. The third-order valence-electron chi connectivity index (χ3n) is 9.57. The number of benzene rings is 5. The van der Waals surface area contributed by atoms with Crippen molar-refractivity contribution < 1.29 is 14.1 Å². The van der Waals surface area contributed by atoms with Crippen molar-refractivity contribution in [2.75, 3.05) is 12.9 Å². The van der Waals surface area contributed by atoms with Crippen molar-refractivity contribution >= 4 is 40.1 Å². The maximum absolute atomic E-state index is 14.2. The van der Waals surface area contributed by atoms with Gasteiger partial charge < -0.3 is 13.8 Å². The van der Waals surface area contributed by atoms with Gasteiger partial charge in [0.1, 0.15) is 10.4 Å². The van der Waals surface area contributed by atoms with Crippen LogP contribution >= 0.6 is 23.1 Å². The van der Waals surface area contributed by atoms with E-state index in [1.165, 1.54) is 23.2 Å². The molecule has 0 aliphatic carbocycles. The molecule has 0 fully saturated rings. The van der Waals surface area contributed by atoms with Crippen LogP contribution < -0.4 is 5.69 Å². The molecule has 0 bridgehead atoms. The van der Waals surface area contributed by atoms with Gasteiger partial charge in [-0.1, -0.05) is 152 Å². The normalized spacial score (nSPS) is 11.6. The van der Waals surface area contributed by atoms with Crippen LogP contribution in [-0.4, -0.2) is 38.1 Å². The van der Waals surface area contributed by atoms with Gasteiger partial charge in [0.05, 0.1) is 19.2 Å². The predicted octanol–water partition coefficient (Wildman–Crippen LogP) is 9.68. The van der Waals surface area contributed by atoms with E-state index in [1.54, 1.807) is 11.8 Å². The van der Waals surface area contributed by atoms with Crippen molar-refractivity contribution in [1.82, 2.24) is 19.3 Å². The van der Waals surface area contributed by atoms with E-state index in [2.05, 4.69) is 40.7 Å². The topological polar surface area (TPSA) is 92.1 Å². The summed E-state index contributed by atoms with van der Waals surface area (Å²) in [5, 5.41) is 0.862. The van der Waals surface area contributed by atoms with Crippen LogP contribution in [0.4, 0.5) is 0 Å². The number of aromatic nitrogens is 4. The summed E-state index contributed by atoms with van der Waals surface area (Å²) in [5.74, 6) is 0.708. The number of hydrogen-bond acceptors (Lipinski definition) is 8. The lowest BCUT2D eigenvalue weighted by molar-refractivity contribution is 0.0607. The van der Waals surface area contributed by atoms with Crippen LogP contribution in [0.1, 0.15) is 43.7 Å². The number of methoxy groups -OCH3 is 1. The van der Waals surface area contributed by atoms with E-state index in [-0.39, 0.29) is 11.9 Å². The van der Waals surface area contributed by atoms with Crippen molar-refractivity contribution in [3.8, 4) is 22.6 Å². The summed E-state index contributed by atoms with van der Waals surface area (Å²) in [5.41, 5.74) is 6.13. The monoisotopic (exact) mass is 748 g/mol. The predicted molar refractivity (Wildman–Crippen MR) is 215 cm³/mol. The van der Waals surface area contributed by atoms with Gasteiger partial charge in [0.25, 0.3) is 5.89 Å². The van der Waals surface area contributed by atoms with Crippen LogP contribution in [0.15, 0.2) is 154 Å². The highest BCUT2D eigenvalue weighted by molar-refractivity contribution is 7.99. The fraction of sp³-hybridized carbons (Fsp3) is 0.136. The lowest BCUT2D eigenvalue weighted by atomic mass is 9.77. The molecular weight excluding hydrogens is 713 g/mol. The highest BCUT2D eigenvalue weighted by Gasteiger charge is 2.42. The molecule has 5 aromatic carbocycles. The summed E-state index contributed by atoms with van der Waals surface area (Å²) in [6, 6.07) is 45.9. The Balaban J connectivity index is 1.21. The van der Waals surface area contributed by atoms with Crippen LogP contribution in [-0.2, 0) is 16.8 Å². The number of thioether (sulfide) groups is 1. The largest absolute Gasteiger partial charge is 0.465 e. The summed E-state index contributed by atoms with van der Waals surface area (Å²) in [6.07, 6.45) is 0. The number of carbonyl (C=O) groups excluding carboxylic acids is 1. The van der Waals surface area contributed by atoms with E-state index < -0.39 is 11.2 Å². The van der Waals surface area contributed by atoms with Gasteiger partial charge in [0, 0.05) is 10.4 Å². The number of thiophene rings is 1. The fourth-order valence-electron chi connectivity index (χ4n) is 7.16. The maximum Gasteiger partial charge on any atom is 0.381 e. The first-order valence-corrected chi connectivity index (χ1v) is 19.4. The first kappa shape index (κ1) is 35.1. The Morgan fingerprint density at radius 1 is 0.778 bits per heavy atom. The van der Waals surface area contributed by atoms with Crippen molar-refractivity contribution in [2.45, 2.75) is 31.1 Å². The standard InChI is InChI=1S/C44H36N4O4S2/c1-4-53-43-45-37-29(2)54-39(41(49)51-3)38(37)47(43)28-30-24-26-31(27-25-30)35-22-14-15-23-36(35)40-46-42(50)48(52-40)44(32-16-8-5-9-17-32,33-18-10-6-11-19-33)34-20-12-7-13-21-34/h5-27H,4,28H2,1-3H3. The summed E-state index contributed by atoms with van der Waals surface area (Å²) >= 11 is 3.06. The molecule has 3 aromatic heterocycles. The van der Waals surface area contributed by atoms with Gasteiger partial charge in [-0.05, 0) is 52.1 Å². The molecule has 0 saturated carbocycles. The minimum Gasteiger partial charge on any atom is -0.465 e. The van der Waals surface area contributed by atoms with Crippen molar-refractivity contribution in [3.63, 3.8) is 0 Å². The first-order valence-electron chi connectivity index (χ1n) is 17.6. The number of esters is 1. The highest BCUT2D eigenvalue weighted by Crippen LogP contribution is 2.41. The lowest BCUT2D eigenvalue weighted by Crippen LogP contribution is -2.42. The van der Waals surface area contributed by atoms with Gasteiger partial charge in [-0.2, -0.15) is 4.98 Å². The van der Waals surface area contributed by atoms with Gasteiger partial charge in [-0.3, -0.25) is 0 Å². The number of ether oxygens (including phenoxy) is 1. The van der Waals surface area contributed by atoms with Crippen LogP contribution in [0, 0.1) is 6.92 Å². The van der Waals surface area contributed by atoms with Gasteiger partial charge in [-0.25, -0.2) is 14.6 Å². The maximum atomic E-state index is 14.2. The van der Waals surface area contributed by atoms with Gasteiger partial charge in [0.15, 0.2) is 10.7 Å². The molecule has 8 rings (SSSR count). The van der Waals surface area contributed by atoms with E-state index in [0.717, 1.165) is 60.2 Å². The Morgan fingerprint density at radius 2 is 1.33 bits per heavy atom. The first-order chi connectivity index (χ1) is 26.4. The number of nitrogens with zero attached hydrogens (tertiary/aromatic N) is 4. The molecule has 0 atom stereocenters. The number of hydrogen-bond donors (Lipinski definition) is 0. The number of carbonyl (C=O) groups is 1. The Labute approximate surface area is 320 Å². The Hall–Kier alpha value is -5.97. The van der Waals surface area contributed by atoms with Gasteiger partial charge in [-0.15, -0.1) is 16.1 Å². The molecule has 0 amide bonds. The molecule has 0 radical (unpaired) electrons. The number of rotatable bonds is 11. The van der Waals surface area contributed by atoms with E-state index in [0.29, 0.717) is 17.0 Å². The zero-order chi connectivity index (χ0) is 37.2. The van der Waals surface area contributed by atoms with Crippen molar-refractivity contribution in [3.05, 3.63) is 182 Å². The molecule has 0 unspecified atom stereocenters. The molecule has 8 aromatic rings. The molecule has 54 heavy (non-hydrogen) atoms. The van der Waals surface area contributed by atoms with E-state index in [9.17, 15) is 9.59 Å². The average Bonchev–Trinajstić information content (AvgIpc) is 3.89. The lowest BCUT2D eigenvalue weighted by Gasteiger charge is -2.34. The Kier molecular flexibility index (Phi) is 9.62. The van der Waals surface area contributed by atoms with Crippen LogP contribution in [0.25, 0.3) is 33.6 Å². The second kappa shape index (κ2) is 14.8. The smallest absolute Gasteiger partial charge is 0.381 e. The summed E-state index contributed by atoms with van der Waals surface area (Å²) < 4.78 is 15.3. The summed E-state index contributed by atoms with van der Waals surface area (Å²) in [4.78, 5) is 38.0. The molecule has 0 spiro atoms. The van der Waals surface area contributed by atoms with Gasteiger partial charge in [0.2, 0.25) is 0 Å². The molecule has 0 saturated heterocycles. The molecular formula is C44H36N4O4S2. The second-order valence-electron chi connectivity index (χ2n) is 12.7. The SMILES string of the molecule is CCSc1nc2c(C)sc(C(=O)OC)c2n1Cc1ccc(-c2ccccc2-c2nc(=O)n(C(c3ccccc3)(c3ccccc3)c3ccccc3)o2)cc1. The fourth-order valence-corrected chi connectivity index (χ4v) is 8.90. The zero-order valence-corrected chi connectivity index (χ0v) is 31.6. The Morgan fingerprint density at radius 3 is 1.89 bits per heavy atom. The van der Waals surface area contributed by atoms with E-state index >= 15 is 0 Å². The third kappa shape index (κ3) is 6.07. The molecule has 268 valence electrons.